The van der Waals surface area contributed by atoms with Gasteiger partial charge >= 0.3 is 0 Å². The second-order valence-corrected chi connectivity index (χ2v) is 6.42. The van der Waals surface area contributed by atoms with Crippen LogP contribution < -0.4 is 11.3 Å². The monoisotopic (exact) mass is 332 g/mol. The summed E-state index contributed by atoms with van der Waals surface area (Å²) < 4.78 is 1.73. The Hall–Kier alpha value is -2.92. The summed E-state index contributed by atoms with van der Waals surface area (Å²) in [6.45, 7) is 3.13. The summed E-state index contributed by atoms with van der Waals surface area (Å²) in [7, 11) is 0. The van der Waals surface area contributed by atoms with Crippen LogP contribution in [-0.4, -0.2) is 21.1 Å². The highest BCUT2D eigenvalue weighted by Crippen LogP contribution is 2.18. The van der Waals surface area contributed by atoms with Gasteiger partial charge in [-0.2, -0.15) is 0 Å². The minimum absolute atomic E-state index is 0.0101. The standard InChI is InChI=1S/C20H20N4O/c1-13-10-22-11-18-17(13)5-7-24(20(18)25)12-14-2-3-15-9-16(4-6-21)23-19(15)8-14/h2-3,5,7-11,23H,4,6,12,21H2,1H3. The van der Waals surface area contributed by atoms with Crippen molar-refractivity contribution in [3.63, 3.8) is 0 Å². The fourth-order valence-corrected chi connectivity index (χ4v) is 3.30. The molecule has 1 aromatic carbocycles. The zero-order valence-electron chi connectivity index (χ0n) is 14.1. The van der Waals surface area contributed by atoms with Crippen molar-refractivity contribution < 1.29 is 0 Å². The van der Waals surface area contributed by atoms with Gasteiger partial charge in [-0.25, -0.2) is 0 Å². The van der Waals surface area contributed by atoms with Crippen molar-refractivity contribution in [3.05, 3.63) is 76.1 Å². The first-order valence-electron chi connectivity index (χ1n) is 8.40. The number of fused-ring (bicyclic) bond motifs is 2. The van der Waals surface area contributed by atoms with E-state index in [0.29, 0.717) is 18.5 Å². The highest BCUT2D eigenvalue weighted by atomic mass is 16.1. The molecule has 126 valence electrons. The number of nitrogens with two attached hydrogens (primary N) is 1. The molecule has 0 unspecified atom stereocenters. The molecule has 25 heavy (non-hydrogen) atoms. The van der Waals surface area contributed by atoms with E-state index < -0.39 is 0 Å². The average Bonchev–Trinajstić information content (AvgIpc) is 3.00. The van der Waals surface area contributed by atoms with Crippen LogP contribution in [0, 0.1) is 6.92 Å². The van der Waals surface area contributed by atoms with Crippen LogP contribution in [0.5, 0.6) is 0 Å². The van der Waals surface area contributed by atoms with Gasteiger partial charge in [0.2, 0.25) is 0 Å². The summed E-state index contributed by atoms with van der Waals surface area (Å²) >= 11 is 0. The molecular weight excluding hydrogens is 312 g/mol. The topological polar surface area (TPSA) is 76.7 Å². The summed E-state index contributed by atoms with van der Waals surface area (Å²) in [5.74, 6) is 0. The van der Waals surface area contributed by atoms with Gasteiger partial charge in [0.1, 0.15) is 0 Å². The van der Waals surface area contributed by atoms with Gasteiger partial charge in [0, 0.05) is 29.8 Å². The molecule has 0 saturated heterocycles. The predicted molar refractivity (Wildman–Crippen MR) is 101 cm³/mol. The maximum Gasteiger partial charge on any atom is 0.260 e. The number of H-pyrrole nitrogens is 1. The van der Waals surface area contributed by atoms with Crippen LogP contribution >= 0.6 is 0 Å². The Labute approximate surface area is 145 Å². The van der Waals surface area contributed by atoms with Crippen LogP contribution in [0.25, 0.3) is 21.7 Å². The van der Waals surface area contributed by atoms with Crippen LogP contribution in [0.15, 0.2) is 53.7 Å². The molecule has 0 atom stereocenters. The van der Waals surface area contributed by atoms with E-state index in [1.807, 2.05) is 19.2 Å². The molecule has 0 bridgehead atoms. The highest BCUT2D eigenvalue weighted by Gasteiger charge is 2.07. The van der Waals surface area contributed by atoms with E-state index in [4.69, 9.17) is 5.73 Å². The van der Waals surface area contributed by atoms with E-state index in [9.17, 15) is 4.79 Å². The second kappa shape index (κ2) is 6.18. The van der Waals surface area contributed by atoms with Gasteiger partial charge < -0.3 is 15.3 Å². The number of rotatable bonds is 4. The molecule has 3 N–H and O–H groups in total. The van der Waals surface area contributed by atoms with E-state index in [1.165, 1.54) is 0 Å². The van der Waals surface area contributed by atoms with Crippen molar-refractivity contribution in [1.82, 2.24) is 14.5 Å². The Morgan fingerprint density at radius 1 is 1.16 bits per heavy atom. The molecule has 0 aliphatic carbocycles. The van der Waals surface area contributed by atoms with E-state index in [0.717, 1.165) is 39.5 Å². The molecular formula is C20H20N4O. The third-order valence-corrected chi connectivity index (χ3v) is 4.61. The first-order valence-corrected chi connectivity index (χ1v) is 8.40. The minimum Gasteiger partial charge on any atom is -0.358 e. The summed E-state index contributed by atoms with van der Waals surface area (Å²) in [6, 6.07) is 10.4. The van der Waals surface area contributed by atoms with Crippen LogP contribution in [0.4, 0.5) is 0 Å². The lowest BCUT2D eigenvalue weighted by Gasteiger charge is -2.08. The van der Waals surface area contributed by atoms with E-state index in [1.54, 1.807) is 17.0 Å². The first kappa shape index (κ1) is 15.6. The minimum atomic E-state index is -0.0101. The number of hydrogen-bond acceptors (Lipinski definition) is 3. The summed E-state index contributed by atoms with van der Waals surface area (Å²) in [6.07, 6.45) is 6.12. The average molecular weight is 332 g/mol. The van der Waals surface area contributed by atoms with Crippen LogP contribution in [0.1, 0.15) is 16.8 Å². The maximum absolute atomic E-state index is 12.7. The number of hydrogen-bond donors (Lipinski definition) is 2. The molecule has 0 aliphatic heterocycles. The lowest BCUT2D eigenvalue weighted by Crippen LogP contribution is -2.20. The summed E-state index contributed by atoms with van der Waals surface area (Å²) in [5, 5.41) is 2.79. The lowest BCUT2D eigenvalue weighted by atomic mass is 10.1. The third kappa shape index (κ3) is 2.83. The third-order valence-electron chi connectivity index (χ3n) is 4.61. The molecule has 0 radical (unpaired) electrons. The van der Waals surface area contributed by atoms with Crippen LogP contribution in [0.3, 0.4) is 0 Å². The number of benzene rings is 1. The fraction of sp³-hybridized carbons (Fsp3) is 0.200. The van der Waals surface area contributed by atoms with Gasteiger partial charge in [0.25, 0.3) is 5.56 Å². The number of nitrogens with zero attached hydrogens (tertiary/aromatic N) is 2. The van der Waals surface area contributed by atoms with Crippen LogP contribution in [-0.2, 0) is 13.0 Å². The zero-order valence-corrected chi connectivity index (χ0v) is 14.1. The molecule has 0 fully saturated rings. The number of aromatic amines is 1. The Morgan fingerprint density at radius 2 is 2.04 bits per heavy atom. The van der Waals surface area contributed by atoms with Crippen molar-refractivity contribution in [2.75, 3.05) is 6.54 Å². The van der Waals surface area contributed by atoms with Gasteiger partial charge in [-0.05, 0) is 60.0 Å². The quantitative estimate of drug-likeness (QED) is 0.603. The molecule has 3 heterocycles. The fourth-order valence-electron chi connectivity index (χ4n) is 3.30. The molecule has 3 aromatic heterocycles. The maximum atomic E-state index is 12.7. The molecule has 0 amide bonds. The lowest BCUT2D eigenvalue weighted by molar-refractivity contribution is 0.768. The smallest absolute Gasteiger partial charge is 0.260 e. The molecule has 5 heteroatoms. The Bertz CT molecular complexity index is 1120. The highest BCUT2D eigenvalue weighted by molar-refractivity contribution is 5.83. The number of aromatic nitrogens is 3. The first-order chi connectivity index (χ1) is 12.2. The second-order valence-electron chi connectivity index (χ2n) is 6.42. The van der Waals surface area contributed by atoms with E-state index >= 15 is 0 Å². The summed E-state index contributed by atoms with van der Waals surface area (Å²) in [5.41, 5.74) is 9.92. The van der Waals surface area contributed by atoms with Gasteiger partial charge in [-0.15, -0.1) is 0 Å². The Balaban J connectivity index is 1.72. The van der Waals surface area contributed by atoms with E-state index in [2.05, 4.69) is 34.2 Å². The molecule has 0 spiro atoms. The number of pyridine rings is 2. The SMILES string of the molecule is Cc1cncc2c(=O)n(Cc3ccc4cc(CCN)[nH]c4c3)ccc12. The normalized spacial score (nSPS) is 11.4. The predicted octanol–water partition coefficient (Wildman–Crippen LogP) is 2.74. The molecule has 4 aromatic rings. The van der Waals surface area contributed by atoms with Gasteiger partial charge in [-0.1, -0.05) is 12.1 Å². The van der Waals surface area contributed by atoms with Crippen molar-refractivity contribution in [2.45, 2.75) is 19.9 Å². The number of aryl methyl sites for hydroxylation is 1. The molecule has 4 rings (SSSR count). The van der Waals surface area contributed by atoms with Crippen molar-refractivity contribution in [3.8, 4) is 0 Å². The van der Waals surface area contributed by atoms with Crippen molar-refractivity contribution >= 4 is 21.7 Å². The van der Waals surface area contributed by atoms with Gasteiger partial charge in [0.05, 0.1) is 11.9 Å². The van der Waals surface area contributed by atoms with Gasteiger partial charge in [0.15, 0.2) is 0 Å². The Morgan fingerprint density at radius 3 is 2.88 bits per heavy atom. The van der Waals surface area contributed by atoms with Gasteiger partial charge in [-0.3, -0.25) is 9.78 Å². The largest absolute Gasteiger partial charge is 0.358 e. The van der Waals surface area contributed by atoms with Crippen molar-refractivity contribution in [1.29, 1.82) is 0 Å². The van der Waals surface area contributed by atoms with Crippen molar-refractivity contribution in [2.24, 2.45) is 5.73 Å². The molecule has 0 aliphatic rings. The zero-order chi connectivity index (χ0) is 17.4. The molecule has 5 nitrogen and oxygen atoms in total. The van der Waals surface area contributed by atoms with E-state index in [-0.39, 0.29) is 5.56 Å². The number of nitrogens with one attached hydrogen (secondary N) is 1. The molecule has 0 saturated carbocycles. The summed E-state index contributed by atoms with van der Waals surface area (Å²) in [4.78, 5) is 20.3. The van der Waals surface area contributed by atoms with Crippen LogP contribution in [0.2, 0.25) is 0 Å². The Kier molecular flexibility index (Phi) is 3.86.